The van der Waals surface area contributed by atoms with Crippen molar-refractivity contribution in [1.82, 2.24) is 19.9 Å². The highest BCUT2D eigenvalue weighted by molar-refractivity contribution is 5.47. The molecule has 2 heterocycles. The summed E-state index contributed by atoms with van der Waals surface area (Å²) in [6.45, 7) is 4.80. The zero-order chi connectivity index (χ0) is 13.1. The van der Waals surface area contributed by atoms with Gasteiger partial charge < -0.3 is 15.0 Å². The van der Waals surface area contributed by atoms with Gasteiger partial charge in [-0.15, -0.1) is 0 Å². The zero-order valence-electron chi connectivity index (χ0n) is 10.8. The summed E-state index contributed by atoms with van der Waals surface area (Å²) < 4.78 is 12.1. The lowest BCUT2D eigenvalue weighted by molar-refractivity contribution is 0.130. The number of ether oxygens (including phenoxy) is 1. The fraction of sp³-hybridized carbons (Fsp3) is 0.545. The molecular formula is C11H17N5O2. The molecule has 0 radical (unpaired) electrons. The van der Waals surface area contributed by atoms with Crippen LogP contribution in [-0.4, -0.2) is 33.1 Å². The van der Waals surface area contributed by atoms with Gasteiger partial charge in [-0.1, -0.05) is 5.16 Å². The van der Waals surface area contributed by atoms with Crippen LogP contribution in [0.4, 0.5) is 0 Å². The van der Waals surface area contributed by atoms with E-state index in [2.05, 4.69) is 15.2 Å². The lowest BCUT2D eigenvalue weighted by atomic mass is 10.3. The number of aryl methyl sites for hydroxylation is 2. The number of nitrogens with two attached hydrogens (primary N) is 1. The molecule has 0 saturated carbocycles. The van der Waals surface area contributed by atoms with E-state index in [9.17, 15) is 0 Å². The highest BCUT2D eigenvalue weighted by atomic mass is 16.5. The van der Waals surface area contributed by atoms with Crippen molar-refractivity contribution in [3.63, 3.8) is 0 Å². The average molecular weight is 251 g/mol. The van der Waals surface area contributed by atoms with Gasteiger partial charge in [-0.2, -0.15) is 10.1 Å². The monoisotopic (exact) mass is 251 g/mol. The SMILES string of the molecule is CCOCC(N)c1noc(-c2cc(C)nn2C)n1. The third-order valence-electron chi connectivity index (χ3n) is 2.50. The molecule has 1 atom stereocenters. The van der Waals surface area contributed by atoms with Crippen LogP contribution >= 0.6 is 0 Å². The molecule has 0 aromatic carbocycles. The summed E-state index contributed by atoms with van der Waals surface area (Å²) in [4.78, 5) is 4.26. The maximum Gasteiger partial charge on any atom is 0.276 e. The van der Waals surface area contributed by atoms with E-state index in [-0.39, 0.29) is 6.04 Å². The number of rotatable bonds is 5. The summed E-state index contributed by atoms with van der Waals surface area (Å²) >= 11 is 0. The largest absolute Gasteiger partial charge is 0.380 e. The van der Waals surface area contributed by atoms with Crippen LogP contribution in [0.3, 0.4) is 0 Å². The first-order valence-corrected chi connectivity index (χ1v) is 5.79. The third kappa shape index (κ3) is 2.57. The Kier molecular flexibility index (Phi) is 3.73. The number of hydrogen-bond acceptors (Lipinski definition) is 6. The van der Waals surface area contributed by atoms with Crippen molar-refractivity contribution in [1.29, 1.82) is 0 Å². The van der Waals surface area contributed by atoms with Crippen LogP contribution in [-0.2, 0) is 11.8 Å². The van der Waals surface area contributed by atoms with Gasteiger partial charge >= 0.3 is 0 Å². The molecular weight excluding hydrogens is 234 g/mol. The fourth-order valence-electron chi connectivity index (χ4n) is 1.62. The predicted octanol–water partition coefficient (Wildman–Crippen LogP) is 0.815. The van der Waals surface area contributed by atoms with Gasteiger partial charge in [0.1, 0.15) is 5.69 Å². The second-order valence-corrected chi connectivity index (χ2v) is 4.02. The lowest BCUT2D eigenvalue weighted by Crippen LogP contribution is -2.18. The molecule has 7 nitrogen and oxygen atoms in total. The third-order valence-corrected chi connectivity index (χ3v) is 2.50. The lowest BCUT2D eigenvalue weighted by Gasteiger charge is -2.05. The smallest absolute Gasteiger partial charge is 0.276 e. The van der Waals surface area contributed by atoms with Crippen LogP contribution in [0.5, 0.6) is 0 Å². The Morgan fingerprint density at radius 3 is 2.94 bits per heavy atom. The Bertz CT molecular complexity index is 519. The summed E-state index contributed by atoms with van der Waals surface area (Å²) in [6.07, 6.45) is 0. The molecule has 0 aliphatic rings. The summed E-state index contributed by atoms with van der Waals surface area (Å²) in [5.41, 5.74) is 7.55. The summed E-state index contributed by atoms with van der Waals surface area (Å²) in [7, 11) is 1.83. The molecule has 7 heteroatoms. The highest BCUT2D eigenvalue weighted by Crippen LogP contribution is 2.19. The van der Waals surface area contributed by atoms with Gasteiger partial charge in [-0.3, -0.25) is 4.68 Å². The van der Waals surface area contributed by atoms with Crippen LogP contribution in [0.25, 0.3) is 11.6 Å². The Labute approximate surface area is 105 Å². The molecule has 1 unspecified atom stereocenters. The van der Waals surface area contributed by atoms with Gasteiger partial charge in [0.25, 0.3) is 5.89 Å². The zero-order valence-corrected chi connectivity index (χ0v) is 10.8. The van der Waals surface area contributed by atoms with Crippen molar-refractivity contribution in [3.8, 4) is 11.6 Å². The average Bonchev–Trinajstić information content (AvgIpc) is 2.92. The molecule has 0 aliphatic carbocycles. The molecule has 18 heavy (non-hydrogen) atoms. The Hall–Kier alpha value is -1.73. The molecule has 98 valence electrons. The minimum absolute atomic E-state index is 0.375. The van der Waals surface area contributed by atoms with E-state index < -0.39 is 0 Å². The molecule has 2 aromatic heterocycles. The second kappa shape index (κ2) is 5.28. The van der Waals surface area contributed by atoms with Crippen LogP contribution < -0.4 is 5.73 Å². The first-order valence-electron chi connectivity index (χ1n) is 5.79. The molecule has 2 rings (SSSR count). The van der Waals surface area contributed by atoms with Crippen molar-refractivity contribution < 1.29 is 9.26 Å². The Balaban J connectivity index is 2.17. The summed E-state index contributed by atoms with van der Waals surface area (Å²) in [6, 6.07) is 1.50. The van der Waals surface area contributed by atoms with Gasteiger partial charge in [0.05, 0.1) is 18.3 Å². The van der Waals surface area contributed by atoms with E-state index in [0.717, 1.165) is 11.4 Å². The van der Waals surface area contributed by atoms with E-state index in [1.54, 1.807) is 4.68 Å². The van der Waals surface area contributed by atoms with Crippen molar-refractivity contribution in [2.45, 2.75) is 19.9 Å². The molecule has 0 aliphatic heterocycles. The maximum atomic E-state index is 5.88. The minimum Gasteiger partial charge on any atom is -0.380 e. The van der Waals surface area contributed by atoms with Crippen LogP contribution in [0.2, 0.25) is 0 Å². The van der Waals surface area contributed by atoms with Crippen molar-refractivity contribution in [3.05, 3.63) is 17.6 Å². The van der Waals surface area contributed by atoms with Crippen molar-refractivity contribution in [2.24, 2.45) is 12.8 Å². The van der Waals surface area contributed by atoms with Crippen LogP contribution in [0, 0.1) is 6.92 Å². The van der Waals surface area contributed by atoms with Crippen LogP contribution in [0.15, 0.2) is 10.6 Å². The van der Waals surface area contributed by atoms with Crippen LogP contribution in [0.1, 0.15) is 24.5 Å². The topological polar surface area (TPSA) is 92.0 Å². The predicted molar refractivity (Wildman–Crippen MR) is 64.7 cm³/mol. The Morgan fingerprint density at radius 2 is 2.33 bits per heavy atom. The number of nitrogens with zero attached hydrogens (tertiary/aromatic N) is 4. The Morgan fingerprint density at radius 1 is 1.56 bits per heavy atom. The van der Waals surface area contributed by atoms with Crippen molar-refractivity contribution >= 4 is 0 Å². The van der Waals surface area contributed by atoms with Gasteiger partial charge in [-0.25, -0.2) is 0 Å². The standard InChI is InChI=1S/C11H17N5O2/c1-4-17-6-8(12)10-13-11(18-15-10)9-5-7(2)14-16(9)3/h5,8H,4,6,12H2,1-3H3. The van der Waals surface area contributed by atoms with E-state index in [4.69, 9.17) is 15.0 Å². The van der Waals surface area contributed by atoms with Gasteiger partial charge in [0.15, 0.2) is 5.82 Å². The van der Waals surface area contributed by atoms with E-state index >= 15 is 0 Å². The molecule has 0 bridgehead atoms. The molecule has 2 N–H and O–H groups in total. The molecule has 0 amide bonds. The molecule has 0 spiro atoms. The quantitative estimate of drug-likeness (QED) is 0.845. The van der Waals surface area contributed by atoms with Crippen molar-refractivity contribution in [2.75, 3.05) is 13.2 Å². The first-order chi connectivity index (χ1) is 8.61. The summed E-state index contributed by atoms with van der Waals surface area (Å²) in [5, 5.41) is 8.09. The normalized spacial score (nSPS) is 12.9. The van der Waals surface area contributed by atoms with Gasteiger partial charge in [0.2, 0.25) is 0 Å². The van der Waals surface area contributed by atoms with E-state index in [1.165, 1.54) is 0 Å². The number of hydrogen-bond donors (Lipinski definition) is 1. The molecule has 0 fully saturated rings. The van der Waals surface area contributed by atoms with E-state index in [0.29, 0.717) is 24.9 Å². The molecule has 2 aromatic rings. The second-order valence-electron chi connectivity index (χ2n) is 4.02. The van der Waals surface area contributed by atoms with Gasteiger partial charge in [0, 0.05) is 13.7 Å². The first kappa shape index (κ1) is 12.7. The maximum absolute atomic E-state index is 5.88. The van der Waals surface area contributed by atoms with Gasteiger partial charge in [-0.05, 0) is 19.9 Å². The molecule has 0 saturated heterocycles. The number of aromatic nitrogens is 4. The highest BCUT2D eigenvalue weighted by Gasteiger charge is 2.17. The fourth-order valence-corrected chi connectivity index (χ4v) is 1.62. The summed E-state index contributed by atoms with van der Waals surface area (Å²) in [5.74, 6) is 0.859. The minimum atomic E-state index is -0.378. The van der Waals surface area contributed by atoms with E-state index in [1.807, 2.05) is 27.0 Å².